The minimum atomic E-state index is -1.19. The van der Waals surface area contributed by atoms with Crippen LogP contribution in [0.25, 0.3) is 0 Å². The van der Waals surface area contributed by atoms with E-state index in [1.165, 1.54) is 7.11 Å². The van der Waals surface area contributed by atoms with Crippen molar-refractivity contribution in [3.63, 3.8) is 0 Å². The number of methoxy groups -OCH3 is 1. The molecule has 1 unspecified atom stereocenters. The molecule has 3 amide bonds. The van der Waals surface area contributed by atoms with Crippen LogP contribution in [-0.4, -0.2) is 55.2 Å². The Balaban J connectivity index is 4.17. The number of hydrogen-bond donors (Lipinski definition) is 4. The first-order valence-electron chi connectivity index (χ1n) is 5.88. The number of amides is 3. The van der Waals surface area contributed by atoms with Gasteiger partial charge >= 0.3 is 18.0 Å². The lowest BCUT2D eigenvalue weighted by Gasteiger charge is -2.19. The molecule has 9 nitrogen and oxygen atoms in total. The maximum Gasteiger partial charge on any atom is 0.328 e. The highest BCUT2D eigenvalue weighted by molar-refractivity contribution is 5.88. The lowest BCUT2D eigenvalue weighted by atomic mass is 10.1. The van der Waals surface area contributed by atoms with Gasteiger partial charge in [-0.1, -0.05) is 13.8 Å². The summed E-state index contributed by atoms with van der Waals surface area (Å²) >= 11 is 0. The second kappa shape index (κ2) is 8.73. The first-order valence-corrected chi connectivity index (χ1v) is 5.88. The molecule has 0 radical (unpaired) electrons. The molecular formula is C11H19N3O6. The summed E-state index contributed by atoms with van der Waals surface area (Å²) in [5.74, 6) is -2.62. The first-order chi connectivity index (χ1) is 9.27. The Morgan fingerprint density at radius 1 is 1.10 bits per heavy atom. The van der Waals surface area contributed by atoms with Crippen LogP contribution in [0.1, 0.15) is 13.8 Å². The summed E-state index contributed by atoms with van der Waals surface area (Å²) in [7, 11) is 1.21. The summed E-state index contributed by atoms with van der Waals surface area (Å²) in [5, 5.41) is 15.0. The molecule has 1 atom stereocenters. The number of esters is 1. The molecule has 0 aliphatic carbocycles. The van der Waals surface area contributed by atoms with Crippen molar-refractivity contribution < 1.29 is 29.0 Å². The molecule has 0 fully saturated rings. The summed E-state index contributed by atoms with van der Waals surface area (Å²) in [6, 6.07) is -1.55. The van der Waals surface area contributed by atoms with Crippen molar-refractivity contribution in [1.29, 1.82) is 0 Å². The van der Waals surface area contributed by atoms with Crippen molar-refractivity contribution in [2.24, 2.45) is 5.92 Å². The molecule has 0 bridgehead atoms. The number of carboxylic acid groups (broad SMARTS) is 1. The van der Waals surface area contributed by atoms with E-state index >= 15 is 0 Å². The molecule has 0 aliphatic heterocycles. The zero-order valence-corrected chi connectivity index (χ0v) is 11.6. The Bertz CT molecular complexity index is 382. The minimum Gasteiger partial charge on any atom is -0.480 e. The van der Waals surface area contributed by atoms with Gasteiger partial charge in [0.05, 0.1) is 13.7 Å². The number of ether oxygens (including phenoxy) is 1. The number of rotatable bonds is 7. The van der Waals surface area contributed by atoms with Crippen LogP contribution in [0.2, 0.25) is 0 Å². The van der Waals surface area contributed by atoms with Gasteiger partial charge in [0.25, 0.3) is 0 Å². The van der Waals surface area contributed by atoms with Crippen molar-refractivity contribution in [3.05, 3.63) is 0 Å². The van der Waals surface area contributed by atoms with Gasteiger partial charge in [0.1, 0.15) is 12.6 Å². The highest BCUT2D eigenvalue weighted by Crippen LogP contribution is 2.02. The van der Waals surface area contributed by atoms with Crippen molar-refractivity contribution in [2.45, 2.75) is 19.9 Å². The largest absolute Gasteiger partial charge is 0.480 e. The monoisotopic (exact) mass is 289 g/mol. The Kier molecular flexibility index (Phi) is 7.71. The maximum absolute atomic E-state index is 11.5. The van der Waals surface area contributed by atoms with Crippen LogP contribution in [0.5, 0.6) is 0 Å². The number of hydrogen-bond acceptors (Lipinski definition) is 5. The quantitative estimate of drug-likeness (QED) is 0.430. The molecule has 0 saturated heterocycles. The second-order valence-corrected chi connectivity index (χ2v) is 4.24. The maximum atomic E-state index is 11.5. The van der Waals surface area contributed by atoms with Crippen LogP contribution < -0.4 is 16.0 Å². The number of nitrogens with one attached hydrogen (secondary N) is 3. The van der Waals surface area contributed by atoms with E-state index in [1.807, 2.05) is 0 Å². The Labute approximate surface area is 116 Å². The third kappa shape index (κ3) is 7.19. The molecule has 0 saturated carbocycles. The van der Waals surface area contributed by atoms with Crippen LogP contribution in [-0.2, 0) is 19.1 Å². The normalized spacial score (nSPS) is 11.4. The average molecular weight is 289 g/mol. The van der Waals surface area contributed by atoms with Crippen LogP contribution in [0.3, 0.4) is 0 Å². The second-order valence-electron chi connectivity index (χ2n) is 4.24. The van der Waals surface area contributed by atoms with Gasteiger partial charge in [0.15, 0.2) is 0 Å². The molecule has 0 spiro atoms. The van der Waals surface area contributed by atoms with E-state index in [1.54, 1.807) is 13.8 Å². The predicted octanol–water partition coefficient (Wildman–Crippen LogP) is -1.32. The molecule has 9 heteroatoms. The first kappa shape index (κ1) is 17.7. The molecule has 0 aromatic heterocycles. The molecule has 0 aliphatic rings. The summed E-state index contributed by atoms with van der Waals surface area (Å²) in [6.07, 6.45) is 0. The van der Waals surface area contributed by atoms with E-state index in [2.05, 4.69) is 20.7 Å². The lowest BCUT2D eigenvalue weighted by Crippen LogP contribution is -2.51. The lowest BCUT2D eigenvalue weighted by molar-refractivity contribution is -0.144. The molecule has 114 valence electrons. The molecule has 4 N–H and O–H groups in total. The van der Waals surface area contributed by atoms with Gasteiger partial charge in [-0.25, -0.2) is 9.59 Å². The molecular weight excluding hydrogens is 270 g/mol. The predicted molar refractivity (Wildman–Crippen MR) is 67.8 cm³/mol. The molecule has 0 rings (SSSR count). The summed E-state index contributed by atoms with van der Waals surface area (Å²) in [5.41, 5.74) is 0. The van der Waals surface area contributed by atoms with E-state index in [0.717, 1.165) is 0 Å². The smallest absolute Gasteiger partial charge is 0.328 e. The molecule has 0 aromatic rings. The summed E-state index contributed by atoms with van der Waals surface area (Å²) < 4.78 is 4.54. The zero-order chi connectivity index (χ0) is 15.7. The Hall–Kier alpha value is -2.32. The number of carbonyl (C=O) groups is 4. The van der Waals surface area contributed by atoms with Gasteiger partial charge in [-0.05, 0) is 5.92 Å². The summed E-state index contributed by atoms with van der Waals surface area (Å²) in [4.78, 5) is 44.2. The van der Waals surface area contributed by atoms with Crippen molar-refractivity contribution in [1.82, 2.24) is 16.0 Å². The number of aliphatic carboxylic acids is 1. The van der Waals surface area contributed by atoms with Gasteiger partial charge in [0, 0.05) is 0 Å². The fourth-order valence-corrected chi connectivity index (χ4v) is 1.21. The Morgan fingerprint density at radius 2 is 1.70 bits per heavy atom. The fraction of sp³-hybridized carbons (Fsp3) is 0.636. The van der Waals surface area contributed by atoms with Gasteiger partial charge in [-0.15, -0.1) is 0 Å². The van der Waals surface area contributed by atoms with Gasteiger partial charge in [0.2, 0.25) is 5.91 Å². The van der Waals surface area contributed by atoms with Gasteiger partial charge in [-0.3, -0.25) is 9.59 Å². The fourth-order valence-electron chi connectivity index (χ4n) is 1.21. The number of carboxylic acids is 1. The minimum absolute atomic E-state index is 0.186. The van der Waals surface area contributed by atoms with Gasteiger partial charge < -0.3 is 25.8 Å². The highest BCUT2D eigenvalue weighted by Gasteiger charge is 2.24. The third-order valence-electron chi connectivity index (χ3n) is 2.25. The van der Waals surface area contributed by atoms with Crippen LogP contribution in [0.15, 0.2) is 0 Å². The SMILES string of the molecule is COC(=O)C(NC(=O)NCC(=O)NCC(=O)O)C(C)C. The van der Waals surface area contributed by atoms with Crippen molar-refractivity contribution >= 4 is 23.9 Å². The van der Waals surface area contributed by atoms with Crippen molar-refractivity contribution in [3.8, 4) is 0 Å². The van der Waals surface area contributed by atoms with E-state index in [-0.39, 0.29) is 5.92 Å². The highest BCUT2D eigenvalue weighted by atomic mass is 16.5. The van der Waals surface area contributed by atoms with E-state index < -0.39 is 43.0 Å². The van der Waals surface area contributed by atoms with E-state index in [9.17, 15) is 19.2 Å². The van der Waals surface area contributed by atoms with Crippen LogP contribution >= 0.6 is 0 Å². The van der Waals surface area contributed by atoms with E-state index in [0.29, 0.717) is 0 Å². The Morgan fingerprint density at radius 3 is 2.15 bits per heavy atom. The van der Waals surface area contributed by atoms with Crippen LogP contribution in [0, 0.1) is 5.92 Å². The number of urea groups is 1. The number of carbonyl (C=O) groups excluding carboxylic acids is 3. The average Bonchev–Trinajstić information content (AvgIpc) is 2.38. The van der Waals surface area contributed by atoms with Crippen LogP contribution in [0.4, 0.5) is 4.79 Å². The van der Waals surface area contributed by atoms with Gasteiger partial charge in [-0.2, -0.15) is 0 Å². The molecule has 0 aromatic carbocycles. The third-order valence-corrected chi connectivity index (χ3v) is 2.25. The zero-order valence-electron chi connectivity index (χ0n) is 11.6. The van der Waals surface area contributed by atoms with Crippen molar-refractivity contribution in [2.75, 3.05) is 20.2 Å². The topological polar surface area (TPSA) is 134 Å². The standard InChI is InChI=1S/C11H19N3O6/c1-6(2)9(10(18)20-3)14-11(19)13-4-7(15)12-5-8(16)17/h6,9H,4-5H2,1-3H3,(H,12,15)(H,16,17)(H2,13,14,19). The molecule has 20 heavy (non-hydrogen) atoms. The summed E-state index contributed by atoms with van der Waals surface area (Å²) in [6.45, 7) is 2.52. The van der Waals surface area contributed by atoms with E-state index in [4.69, 9.17) is 5.11 Å². The molecule has 0 heterocycles.